The van der Waals surface area contributed by atoms with Gasteiger partial charge in [-0.2, -0.15) is 0 Å². The van der Waals surface area contributed by atoms with Crippen LogP contribution in [0.1, 0.15) is 32.6 Å². The van der Waals surface area contributed by atoms with Crippen molar-refractivity contribution in [1.82, 2.24) is 9.80 Å². The van der Waals surface area contributed by atoms with E-state index in [0.29, 0.717) is 51.4 Å². The van der Waals surface area contributed by atoms with Gasteiger partial charge in [-0.15, -0.1) is 0 Å². The van der Waals surface area contributed by atoms with Crippen molar-refractivity contribution in [1.29, 1.82) is 0 Å². The van der Waals surface area contributed by atoms with E-state index < -0.39 is 0 Å². The Labute approximate surface area is 154 Å². The fraction of sp³-hybridized carbons (Fsp3) is 0.600. The van der Waals surface area contributed by atoms with Crippen LogP contribution in [0.2, 0.25) is 0 Å². The Hall–Kier alpha value is -2.11. The highest BCUT2D eigenvalue weighted by Crippen LogP contribution is 2.24. The quantitative estimate of drug-likeness (QED) is 0.828. The van der Waals surface area contributed by atoms with Crippen molar-refractivity contribution in [2.24, 2.45) is 5.92 Å². The molecule has 3 rings (SSSR count). The second-order valence-corrected chi connectivity index (χ2v) is 7.17. The van der Waals surface area contributed by atoms with E-state index in [9.17, 15) is 14.0 Å². The zero-order chi connectivity index (χ0) is 18.5. The molecule has 0 spiro atoms. The van der Waals surface area contributed by atoms with Crippen LogP contribution in [0.4, 0.5) is 10.1 Å². The Balaban J connectivity index is 1.49. The first-order valence-corrected chi connectivity index (χ1v) is 9.66. The maximum absolute atomic E-state index is 13.9. The predicted molar refractivity (Wildman–Crippen MR) is 99.4 cm³/mol. The van der Waals surface area contributed by atoms with E-state index in [1.807, 2.05) is 27.7 Å². The predicted octanol–water partition coefficient (Wildman–Crippen LogP) is 2.51. The van der Waals surface area contributed by atoms with Gasteiger partial charge in [-0.1, -0.05) is 19.1 Å². The molecule has 5 nitrogen and oxygen atoms in total. The highest BCUT2D eigenvalue weighted by atomic mass is 19.1. The molecule has 2 aliphatic heterocycles. The molecule has 0 aromatic heterocycles. The van der Waals surface area contributed by atoms with Crippen LogP contribution >= 0.6 is 0 Å². The number of hydrogen-bond donors (Lipinski definition) is 0. The number of piperazine rings is 1. The van der Waals surface area contributed by atoms with Crippen LogP contribution in [-0.4, -0.2) is 60.9 Å². The summed E-state index contributed by atoms with van der Waals surface area (Å²) in [7, 11) is 0. The summed E-state index contributed by atoms with van der Waals surface area (Å²) in [6, 6.07) is 6.79. The molecule has 1 aromatic carbocycles. The summed E-state index contributed by atoms with van der Waals surface area (Å²) in [5, 5.41) is 0. The third-order valence-corrected chi connectivity index (χ3v) is 5.45. The number of nitrogens with zero attached hydrogens (tertiary/aromatic N) is 3. The van der Waals surface area contributed by atoms with Crippen molar-refractivity contribution in [3.8, 4) is 0 Å². The Kier molecular flexibility index (Phi) is 6.12. The van der Waals surface area contributed by atoms with Gasteiger partial charge in [0.1, 0.15) is 5.82 Å². The number of halogens is 1. The van der Waals surface area contributed by atoms with E-state index in [0.717, 1.165) is 19.3 Å². The van der Waals surface area contributed by atoms with E-state index in [-0.39, 0.29) is 23.5 Å². The number of piperidine rings is 1. The molecule has 0 atom stereocenters. The number of para-hydroxylation sites is 1. The summed E-state index contributed by atoms with van der Waals surface area (Å²) < 4.78 is 13.9. The third-order valence-electron chi connectivity index (χ3n) is 5.45. The molecule has 0 unspecified atom stereocenters. The normalized spacial score (nSPS) is 18.9. The molecule has 2 saturated heterocycles. The SMILES string of the molecule is CCCC(=O)N1CCC(C(=O)N2CCN(c3ccccc3F)CC2)CC1. The summed E-state index contributed by atoms with van der Waals surface area (Å²) in [6.07, 6.45) is 2.96. The van der Waals surface area contributed by atoms with Crippen molar-refractivity contribution in [3.05, 3.63) is 30.1 Å². The topological polar surface area (TPSA) is 43.9 Å². The van der Waals surface area contributed by atoms with Gasteiger partial charge in [-0.25, -0.2) is 4.39 Å². The zero-order valence-electron chi connectivity index (χ0n) is 15.5. The summed E-state index contributed by atoms with van der Waals surface area (Å²) in [4.78, 5) is 30.6. The molecule has 0 radical (unpaired) electrons. The maximum atomic E-state index is 13.9. The molecule has 0 N–H and O–H groups in total. The van der Waals surface area contributed by atoms with Crippen LogP contribution in [0, 0.1) is 11.7 Å². The number of hydrogen-bond acceptors (Lipinski definition) is 3. The van der Waals surface area contributed by atoms with Gasteiger partial charge in [0.15, 0.2) is 0 Å². The van der Waals surface area contributed by atoms with Gasteiger partial charge in [0, 0.05) is 51.6 Å². The van der Waals surface area contributed by atoms with Crippen molar-refractivity contribution in [3.63, 3.8) is 0 Å². The second-order valence-electron chi connectivity index (χ2n) is 7.17. The second kappa shape index (κ2) is 8.52. The number of likely N-dealkylation sites (tertiary alicyclic amines) is 1. The van der Waals surface area contributed by atoms with Crippen molar-refractivity contribution < 1.29 is 14.0 Å². The zero-order valence-corrected chi connectivity index (χ0v) is 15.5. The number of rotatable bonds is 4. The third kappa shape index (κ3) is 4.17. The summed E-state index contributed by atoms with van der Waals surface area (Å²) in [5.74, 6) is 0.203. The van der Waals surface area contributed by atoms with Gasteiger partial charge in [0.2, 0.25) is 11.8 Å². The first-order chi connectivity index (χ1) is 12.6. The molecule has 2 amide bonds. The highest BCUT2D eigenvalue weighted by molar-refractivity contribution is 5.80. The smallest absolute Gasteiger partial charge is 0.225 e. The van der Waals surface area contributed by atoms with Gasteiger partial charge in [0.05, 0.1) is 5.69 Å². The molecule has 1 aromatic rings. The summed E-state index contributed by atoms with van der Waals surface area (Å²) >= 11 is 0. The Morgan fingerprint density at radius 1 is 1.00 bits per heavy atom. The van der Waals surface area contributed by atoms with Crippen LogP contribution in [-0.2, 0) is 9.59 Å². The average Bonchev–Trinajstić information content (AvgIpc) is 2.68. The fourth-order valence-electron chi connectivity index (χ4n) is 3.88. The average molecular weight is 361 g/mol. The molecule has 142 valence electrons. The molecule has 2 aliphatic rings. The number of carbonyl (C=O) groups is 2. The molecule has 6 heteroatoms. The molecule has 0 bridgehead atoms. The first-order valence-electron chi connectivity index (χ1n) is 9.66. The van der Waals surface area contributed by atoms with Crippen molar-refractivity contribution in [2.45, 2.75) is 32.6 Å². The van der Waals surface area contributed by atoms with E-state index in [4.69, 9.17) is 0 Å². The van der Waals surface area contributed by atoms with Crippen LogP contribution < -0.4 is 4.90 Å². The van der Waals surface area contributed by atoms with Gasteiger partial charge in [0.25, 0.3) is 0 Å². The lowest BCUT2D eigenvalue weighted by atomic mass is 9.94. The summed E-state index contributed by atoms with van der Waals surface area (Å²) in [6.45, 7) is 5.94. The molecular formula is C20H28FN3O2. The van der Waals surface area contributed by atoms with E-state index >= 15 is 0 Å². The van der Waals surface area contributed by atoms with Gasteiger partial charge >= 0.3 is 0 Å². The minimum absolute atomic E-state index is 0.0145. The van der Waals surface area contributed by atoms with Crippen LogP contribution in [0.3, 0.4) is 0 Å². The van der Waals surface area contributed by atoms with E-state index in [1.165, 1.54) is 6.07 Å². The standard InChI is InChI=1S/C20H28FN3O2/c1-2-5-19(25)23-10-8-16(9-11-23)20(26)24-14-12-22(13-15-24)18-7-4-3-6-17(18)21/h3-4,6-7,16H,2,5,8-15H2,1H3. The molecule has 2 heterocycles. The van der Waals surface area contributed by atoms with E-state index in [1.54, 1.807) is 12.1 Å². The van der Waals surface area contributed by atoms with E-state index in [2.05, 4.69) is 0 Å². The Morgan fingerprint density at radius 3 is 2.27 bits per heavy atom. The van der Waals surface area contributed by atoms with Gasteiger partial charge < -0.3 is 14.7 Å². The lowest BCUT2D eigenvalue weighted by Gasteiger charge is -2.39. The monoisotopic (exact) mass is 361 g/mol. The minimum atomic E-state index is -0.212. The van der Waals surface area contributed by atoms with Gasteiger partial charge in [-0.3, -0.25) is 9.59 Å². The van der Waals surface area contributed by atoms with Crippen LogP contribution in [0.25, 0.3) is 0 Å². The first kappa shape index (κ1) is 18.7. The maximum Gasteiger partial charge on any atom is 0.225 e. The number of benzene rings is 1. The minimum Gasteiger partial charge on any atom is -0.366 e. The van der Waals surface area contributed by atoms with Crippen molar-refractivity contribution in [2.75, 3.05) is 44.2 Å². The molecule has 0 saturated carbocycles. The van der Waals surface area contributed by atoms with Gasteiger partial charge in [-0.05, 0) is 31.4 Å². The van der Waals surface area contributed by atoms with Crippen LogP contribution in [0.15, 0.2) is 24.3 Å². The molecule has 2 fully saturated rings. The number of anilines is 1. The highest BCUT2D eigenvalue weighted by Gasteiger charge is 2.31. The number of carbonyl (C=O) groups excluding carboxylic acids is 2. The van der Waals surface area contributed by atoms with Crippen molar-refractivity contribution >= 4 is 17.5 Å². The molecule has 0 aliphatic carbocycles. The lowest BCUT2D eigenvalue weighted by Crippen LogP contribution is -2.52. The number of amides is 2. The summed E-state index contributed by atoms with van der Waals surface area (Å²) in [5.41, 5.74) is 0.613. The molecular weight excluding hydrogens is 333 g/mol. The molecule has 26 heavy (non-hydrogen) atoms. The fourth-order valence-corrected chi connectivity index (χ4v) is 3.88. The largest absolute Gasteiger partial charge is 0.366 e. The Bertz CT molecular complexity index is 636. The Morgan fingerprint density at radius 2 is 1.65 bits per heavy atom. The lowest BCUT2D eigenvalue weighted by molar-refractivity contribution is -0.141. The van der Waals surface area contributed by atoms with Crippen LogP contribution in [0.5, 0.6) is 0 Å².